The molecule has 10 heteroatoms. The van der Waals surface area contributed by atoms with Crippen LogP contribution in [0.2, 0.25) is 0 Å². The predicted octanol–water partition coefficient (Wildman–Crippen LogP) is 14.4. The molecule has 0 rings (SSSR count). The van der Waals surface area contributed by atoms with Gasteiger partial charge in [0.05, 0.1) is 13.2 Å². The van der Waals surface area contributed by atoms with Crippen LogP contribution in [0.4, 0.5) is 0 Å². The maximum Gasteiger partial charge on any atom is 0.472 e. The third-order valence-corrected chi connectivity index (χ3v) is 12.0. The maximum atomic E-state index is 12.6. The molecule has 2 atom stereocenters. The molecule has 57 heavy (non-hydrogen) atoms. The lowest BCUT2D eigenvalue weighted by Crippen LogP contribution is -2.29. The van der Waals surface area contributed by atoms with Crippen LogP contribution in [-0.2, 0) is 32.7 Å². The Labute approximate surface area is 352 Å². The summed E-state index contributed by atoms with van der Waals surface area (Å²) in [5.41, 5.74) is 5.36. The second kappa shape index (κ2) is 44.6. The zero-order chi connectivity index (χ0) is 41.8. The number of unbranched alkanes of at least 4 members (excludes halogenated alkanes) is 34. The highest BCUT2D eigenvalue weighted by Gasteiger charge is 2.26. The number of rotatable bonds is 47. The number of esters is 2. The minimum atomic E-state index is -4.37. The Hall–Kier alpha value is -0.990. The maximum absolute atomic E-state index is 12.6. The van der Waals surface area contributed by atoms with E-state index >= 15 is 0 Å². The van der Waals surface area contributed by atoms with Crippen LogP contribution in [-0.4, -0.2) is 49.3 Å². The van der Waals surface area contributed by atoms with E-state index in [2.05, 4.69) is 13.8 Å². The SMILES string of the molecule is CCCCCCCCCCCCCCCCCCCCCCC(=O)O[C@H](COC(=O)CCCCCCCCCCCCCCCCCC)COP(=O)(O)OCCN. The molecule has 0 aromatic carbocycles. The second-order valence-corrected chi connectivity index (χ2v) is 18.2. The lowest BCUT2D eigenvalue weighted by Gasteiger charge is -2.19. The highest BCUT2D eigenvalue weighted by molar-refractivity contribution is 7.47. The molecule has 0 spiro atoms. The molecule has 0 fully saturated rings. The number of phosphoric acid groups is 1. The Morgan fingerprint density at radius 1 is 0.456 bits per heavy atom. The minimum Gasteiger partial charge on any atom is -0.462 e. The smallest absolute Gasteiger partial charge is 0.462 e. The fourth-order valence-corrected chi connectivity index (χ4v) is 8.11. The topological polar surface area (TPSA) is 134 Å². The van der Waals surface area contributed by atoms with Gasteiger partial charge in [-0.05, 0) is 12.8 Å². The van der Waals surface area contributed by atoms with Crippen molar-refractivity contribution in [3.63, 3.8) is 0 Å². The van der Waals surface area contributed by atoms with Crippen LogP contribution in [0.25, 0.3) is 0 Å². The third kappa shape index (κ3) is 44.4. The number of carbonyl (C=O) groups is 2. The van der Waals surface area contributed by atoms with E-state index in [4.69, 9.17) is 24.3 Å². The van der Waals surface area contributed by atoms with Crippen LogP contribution in [0, 0.1) is 0 Å². The highest BCUT2D eigenvalue weighted by atomic mass is 31.2. The first-order valence-electron chi connectivity index (χ1n) is 24.5. The summed E-state index contributed by atoms with van der Waals surface area (Å²) in [5.74, 6) is -0.808. The standard InChI is InChI=1S/C47H94NO8P/c1-3-5-7-9-11-13-15-17-19-21-22-23-24-26-28-30-32-34-36-38-40-47(50)56-45(44-55-57(51,52)54-42-41-48)43-53-46(49)39-37-35-33-31-29-27-25-20-18-16-14-12-10-8-6-4-2/h45H,3-44,48H2,1-2H3,(H,51,52)/t45-/m1/s1. The van der Waals surface area contributed by atoms with Gasteiger partial charge in [-0.3, -0.25) is 18.6 Å². The minimum absolute atomic E-state index is 0.0583. The van der Waals surface area contributed by atoms with Gasteiger partial charge in [0, 0.05) is 19.4 Å². The summed E-state index contributed by atoms with van der Waals surface area (Å²) in [6.07, 6.45) is 45.6. The summed E-state index contributed by atoms with van der Waals surface area (Å²) < 4.78 is 32.9. The molecule has 0 saturated heterocycles. The third-order valence-electron chi connectivity index (χ3n) is 11.0. The molecule has 0 saturated carbocycles. The first kappa shape index (κ1) is 56.0. The van der Waals surface area contributed by atoms with Crippen LogP contribution in [0.5, 0.6) is 0 Å². The molecule has 340 valence electrons. The van der Waals surface area contributed by atoms with Gasteiger partial charge in [-0.2, -0.15) is 0 Å². The van der Waals surface area contributed by atoms with Crippen LogP contribution in [0.3, 0.4) is 0 Å². The van der Waals surface area contributed by atoms with E-state index in [1.807, 2.05) is 0 Å². The van der Waals surface area contributed by atoms with Gasteiger partial charge in [0.15, 0.2) is 6.10 Å². The summed E-state index contributed by atoms with van der Waals surface area (Å²) in [5, 5.41) is 0. The largest absolute Gasteiger partial charge is 0.472 e. The first-order chi connectivity index (χ1) is 27.8. The summed E-state index contributed by atoms with van der Waals surface area (Å²) in [7, 11) is -4.37. The van der Waals surface area contributed by atoms with Gasteiger partial charge in [0.2, 0.25) is 0 Å². The molecule has 1 unspecified atom stereocenters. The number of ether oxygens (including phenoxy) is 2. The monoisotopic (exact) mass is 832 g/mol. The lowest BCUT2D eigenvalue weighted by atomic mass is 10.0. The number of hydrogen-bond donors (Lipinski definition) is 2. The van der Waals surface area contributed by atoms with Gasteiger partial charge in [-0.25, -0.2) is 4.57 Å². The molecule has 9 nitrogen and oxygen atoms in total. The van der Waals surface area contributed by atoms with Crippen molar-refractivity contribution >= 4 is 19.8 Å². The van der Waals surface area contributed by atoms with Crippen molar-refractivity contribution in [2.75, 3.05) is 26.4 Å². The Kier molecular flexibility index (Phi) is 43.8. The van der Waals surface area contributed by atoms with Gasteiger partial charge < -0.3 is 20.1 Å². The molecule has 0 bridgehead atoms. The van der Waals surface area contributed by atoms with E-state index < -0.39 is 26.5 Å². The summed E-state index contributed by atoms with van der Waals surface area (Å²) in [6, 6.07) is 0. The van der Waals surface area contributed by atoms with Gasteiger partial charge >= 0.3 is 19.8 Å². The summed E-state index contributed by atoms with van der Waals surface area (Å²) in [6.45, 7) is 3.80. The predicted molar refractivity (Wildman–Crippen MR) is 238 cm³/mol. The Bertz CT molecular complexity index is 907. The van der Waals surface area contributed by atoms with Crippen molar-refractivity contribution in [2.24, 2.45) is 5.73 Å². The van der Waals surface area contributed by atoms with Crippen LogP contribution in [0.1, 0.15) is 258 Å². The lowest BCUT2D eigenvalue weighted by molar-refractivity contribution is -0.161. The van der Waals surface area contributed by atoms with Gasteiger partial charge in [0.25, 0.3) is 0 Å². The quantitative estimate of drug-likeness (QED) is 0.0349. The zero-order valence-electron chi connectivity index (χ0n) is 37.6. The first-order valence-corrected chi connectivity index (χ1v) is 26.0. The number of hydrogen-bond acceptors (Lipinski definition) is 8. The van der Waals surface area contributed by atoms with Crippen molar-refractivity contribution < 1.29 is 37.6 Å². The number of nitrogens with two attached hydrogens (primary N) is 1. The van der Waals surface area contributed by atoms with E-state index in [9.17, 15) is 19.0 Å². The van der Waals surface area contributed by atoms with E-state index in [0.717, 1.165) is 32.1 Å². The fraction of sp³-hybridized carbons (Fsp3) is 0.957. The van der Waals surface area contributed by atoms with Crippen molar-refractivity contribution in [1.82, 2.24) is 0 Å². The second-order valence-electron chi connectivity index (χ2n) is 16.7. The summed E-state index contributed by atoms with van der Waals surface area (Å²) >= 11 is 0. The Morgan fingerprint density at radius 2 is 0.754 bits per heavy atom. The van der Waals surface area contributed by atoms with E-state index in [-0.39, 0.29) is 38.6 Å². The average molecular weight is 832 g/mol. The van der Waals surface area contributed by atoms with Gasteiger partial charge in [0.1, 0.15) is 6.61 Å². The Balaban J connectivity index is 4.01. The molecule has 0 radical (unpaired) electrons. The molecule has 0 aliphatic carbocycles. The molecular formula is C47H94NO8P. The summed E-state index contributed by atoms with van der Waals surface area (Å²) in [4.78, 5) is 35.0. The number of carbonyl (C=O) groups excluding carboxylic acids is 2. The van der Waals surface area contributed by atoms with Crippen LogP contribution >= 0.6 is 7.82 Å². The average Bonchev–Trinajstić information content (AvgIpc) is 3.20. The molecular weight excluding hydrogens is 737 g/mol. The van der Waals surface area contributed by atoms with Crippen LogP contribution < -0.4 is 5.73 Å². The normalized spacial score (nSPS) is 13.1. The molecule has 0 aromatic heterocycles. The molecule has 0 aromatic rings. The van der Waals surface area contributed by atoms with E-state index in [1.165, 1.54) is 193 Å². The van der Waals surface area contributed by atoms with Gasteiger partial charge in [-0.1, -0.05) is 232 Å². The van der Waals surface area contributed by atoms with Crippen molar-refractivity contribution in [2.45, 2.75) is 264 Å². The zero-order valence-corrected chi connectivity index (χ0v) is 38.5. The van der Waals surface area contributed by atoms with Crippen molar-refractivity contribution in [3.8, 4) is 0 Å². The van der Waals surface area contributed by atoms with Crippen molar-refractivity contribution in [1.29, 1.82) is 0 Å². The van der Waals surface area contributed by atoms with Gasteiger partial charge in [-0.15, -0.1) is 0 Å². The fourth-order valence-electron chi connectivity index (χ4n) is 7.34. The molecule has 3 N–H and O–H groups in total. The van der Waals surface area contributed by atoms with Crippen LogP contribution in [0.15, 0.2) is 0 Å². The van der Waals surface area contributed by atoms with E-state index in [0.29, 0.717) is 6.42 Å². The van der Waals surface area contributed by atoms with E-state index in [1.54, 1.807) is 0 Å². The molecule has 0 aliphatic heterocycles. The molecule has 0 amide bonds. The Morgan fingerprint density at radius 3 is 1.07 bits per heavy atom. The van der Waals surface area contributed by atoms with Crippen molar-refractivity contribution in [3.05, 3.63) is 0 Å². The highest BCUT2D eigenvalue weighted by Crippen LogP contribution is 2.43. The number of phosphoric ester groups is 1. The molecule has 0 heterocycles. The molecule has 0 aliphatic rings.